The molecule has 1 aliphatic carbocycles. The highest BCUT2D eigenvalue weighted by Gasteiger charge is 2.20. The van der Waals surface area contributed by atoms with E-state index in [2.05, 4.69) is 32.1 Å². The molecule has 1 atom stereocenters. The van der Waals surface area contributed by atoms with Crippen molar-refractivity contribution in [3.8, 4) is 0 Å². The summed E-state index contributed by atoms with van der Waals surface area (Å²) in [6.07, 6.45) is 7.53. The van der Waals surface area contributed by atoms with Gasteiger partial charge in [0, 0.05) is 26.0 Å². The van der Waals surface area contributed by atoms with Gasteiger partial charge in [0.05, 0.1) is 17.4 Å². The molecule has 3 rings (SSSR count). The van der Waals surface area contributed by atoms with E-state index in [0.717, 1.165) is 30.9 Å². The van der Waals surface area contributed by atoms with Crippen LogP contribution >= 0.6 is 0 Å². The van der Waals surface area contributed by atoms with Gasteiger partial charge in [0.1, 0.15) is 5.82 Å². The third kappa shape index (κ3) is 2.54. The lowest BCUT2D eigenvalue weighted by Crippen LogP contribution is -2.26. The van der Waals surface area contributed by atoms with Gasteiger partial charge in [0.15, 0.2) is 0 Å². The van der Waals surface area contributed by atoms with Crippen molar-refractivity contribution in [2.75, 3.05) is 0 Å². The molecule has 0 aliphatic heterocycles. The number of hydrogen-bond acceptors (Lipinski definition) is 3. The highest BCUT2D eigenvalue weighted by molar-refractivity contribution is 5.25. The third-order valence-corrected chi connectivity index (χ3v) is 3.88. The number of nitrogens with one attached hydrogen (secondary N) is 1. The highest BCUT2D eigenvalue weighted by Crippen LogP contribution is 2.27. The molecular weight excluding hydrogens is 236 g/mol. The Labute approximate surface area is 113 Å². The Balaban J connectivity index is 1.71. The highest BCUT2D eigenvalue weighted by atomic mass is 15.1. The molecule has 0 amide bonds. The van der Waals surface area contributed by atoms with Gasteiger partial charge in [0.25, 0.3) is 0 Å². The molecule has 2 heterocycles. The quantitative estimate of drug-likeness (QED) is 0.916. The van der Waals surface area contributed by atoms with Crippen molar-refractivity contribution in [3.05, 3.63) is 47.3 Å². The van der Waals surface area contributed by atoms with Crippen LogP contribution in [0.3, 0.4) is 0 Å². The van der Waals surface area contributed by atoms with Crippen LogP contribution in [0.1, 0.15) is 41.7 Å². The summed E-state index contributed by atoms with van der Waals surface area (Å²) in [5.74, 6) is 1.05. The summed E-state index contributed by atoms with van der Waals surface area (Å²) < 4.78 is 2.06. The molecule has 4 heteroatoms. The molecule has 1 aliphatic rings. The lowest BCUT2D eigenvalue weighted by molar-refractivity contribution is 0.445. The number of rotatable bonds is 3. The molecule has 1 unspecified atom stereocenters. The third-order valence-electron chi connectivity index (χ3n) is 3.88. The fraction of sp³-hybridized carbons (Fsp3) is 0.467. The van der Waals surface area contributed by atoms with E-state index in [0.29, 0.717) is 6.04 Å². The summed E-state index contributed by atoms with van der Waals surface area (Å²) in [6, 6.07) is 4.59. The molecule has 4 nitrogen and oxygen atoms in total. The fourth-order valence-electron chi connectivity index (χ4n) is 2.75. The van der Waals surface area contributed by atoms with Gasteiger partial charge in [-0.3, -0.25) is 4.98 Å². The lowest BCUT2D eigenvalue weighted by Gasteiger charge is -2.24. The number of nitrogens with zero attached hydrogens (tertiary/aromatic N) is 3. The van der Waals surface area contributed by atoms with Crippen LogP contribution in [0.2, 0.25) is 0 Å². The van der Waals surface area contributed by atoms with Crippen molar-refractivity contribution in [3.63, 3.8) is 0 Å². The Morgan fingerprint density at radius 3 is 3.16 bits per heavy atom. The lowest BCUT2D eigenvalue weighted by atomic mass is 9.92. The summed E-state index contributed by atoms with van der Waals surface area (Å²) in [5, 5.41) is 3.60. The molecule has 0 aromatic carbocycles. The van der Waals surface area contributed by atoms with Gasteiger partial charge in [-0.15, -0.1) is 0 Å². The van der Waals surface area contributed by atoms with E-state index < -0.39 is 0 Å². The van der Waals surface area contributed by atoms with Crippen LogP contribution in [0.15, 0.2) is 24.5 Å². The minimum atomic E-state index is 0.368. The van der Waals surface area contributed by atoms with Gasteiger partial charge in [0.2, 0.25) is 0 Å². The van der Waals surface area contributed by atoms with Gasteiger partial charge in [-0.2, -0.15) is 0 Å². The van der Waals surface area contributed by atoms with Gasteiger partial charge in [-0.25, -0.2) is 4.98 Å². The second-order valence-electron chi connectivity index (χ2n) is 5.26. The summed E-state index contributed by atoms with van der Waals surface area (Å²) in [6.45, 7) is 2.84. The Hall–Kier alpha value is -1.68. The van der Waals surface area contributed by atoms with Gasteiger partial charge in [-0.05, 0) is 37.8 Å². The normalized spacial score (nSPS) is 18.3. The zero-order valence-corrected chi connectivity index (χ0v) is 11.6. The maximum Gasteiger partial charge on any atom is 0.105 e. The van der Waals surface area contributed by atoms with Crippen molar-refractivity contribution in [1.29, 1.82) is 0 Å². The molecule has 2 aromatic rings. The first-order chi connectivity index (χ1) is 9.24. The van der Waals surface area contributed by atoms with Crippen LogP contribution in [0, 0.1) is 6.92 Å². The molecule has 19 heavy (non-hydrogen) atoms. The Bertz CT molecular complexity index is 554. The van der Waals surface area contributed by atoms with Crippen molar-refractivity contribution in [2.24, 2.45) is 7.05 Å². The minimum absolute atomic E-state index is 0.368. The number of fused-ring (bicyclic) bond motifs is 1. The van der Waals surface area contributed by atoms with Crippen LogP contribution in [-0.2, 0) is 20.0 Å². The van der Waals surface area contributed by atoms with E-state index >= 15 is 0 Å². The Morgan fingerprint density at radius 2 is 2.37 bits per heavy atom. The van der Waals surface area contributed by atoms with E-state index in [9.17, 15) is 0 Å². The largest absolute Gasteiger partial charge is 0.338 e. The second kappa shape index (κ2) is 5.13. The van der Waals surface area contributed by atoms with Crippen LogP contribution in [-0.4, -0.2) is 14.5 Å². The first kappa shape index (κ1) is 12.4. The van der Waals surface area contributed by atoms with Crippen molar-refractivity contribution in [1.82, 2.24) is 19.9 Å². The predicted octanol–water partition coefficient (Wildman–Crippen LogP) is 2.29. The van der Waals surface area contributed by atoms with Crippen molar-refractivity contribution >= 4 is 0 Å². The molecule has 0 spiro atoms. The van der Waals surface area contributed by atoms with Gasteiger partial charge >= 0.3 is 0 Å². The fourth-order valence-corrected chi connectivity index (χ4v) is 2.75. The zero-order chi connectivity index (χ0) is 13.2. The van der Waals surface area contributed by atoms with E-state index in [1.54, 1.807) is 0 Å². The molecule has 0 saturated heterocycles. The van der Waals surface area contributed by atoms with Crippen molar-refractivity contribution in [2.45, 2.75) is 38.8 Å². The monoisotopic (exact) mass is 256 g/mol. The first-order valence-electron chi connectivity index (χ1n) is 6.90. The number of aryl methyl sites for hydroxylation is 3. The number of imidazole rings is 1. The van der Waals surface area contributed by atoms with Crippen LogP contribution in [0.5, 0.6) is 0 Å². The molecule has 0 saturated carbocycles. The van der Waals surface area contributed by atoms with Gasteiger partial charge in [-0.1, -0.05) is 6.07 Å². The SMILES string of the molecule is Cc1nc(CNC2CCCc3cccnc32)cn1C. The topological polar surface area (TPSA) is 42.7 Å². The standard InChI is InChI=1S/C15H20N4/c1-11-18-13(10-19(11)2)9-17-14-7-3-5-12-6-4-8-16-15(12)14/h4,6,8,10,14,17H,3,5,7,9H2,1-2H3. The van der Waals surface area contributed by atoms with Crippen LogP contribution < -0.4 is 5.32 Å². The van der Waals surface area contributed by atoms with Crippen molar-refractivity contribution < 1.29 is 0 Å². The zero-order valence-electron chi connectivity index (χ0n) is 11.6. The average molecular weight is 256 g/mol. The molecule has 2 aromatic heterocycles. The maximum absolute atomic E-state index is 4.55. The van der Waals surface area contributed by atoms with Gasteiger partial charge < -0.3 is 9.88 Å². The summed E-state index contributed by atoms with van der Waals surface area (Å²) in [5.41, 5.74) is 3.72. The first-order valence-corrected chi connectivity index (χ1v) is 6.90. The smallest absolute Gasteiger partial charge is 0.105 e. The number of pyridine rings is 1. The van der Waals surface area contributed by atoms with E-state index in [1.165, 1.54) is 17.7 Å². The Kier molecular flexibility index (Phi) is 3.34. The molecule has 0 bridgehead atoms. The molecule has 0 radical (unpaired) electrons. The minimum Gasteiger partial charge on any atom is -0.338 e. The number of hydrogen-bond donors (Lipinski definition) is 1. The maximum atomic E-state index is 4.55. The molecular formula is C15H20N4. The Morgan fingerprint density at radius 1 is 1.47 bits per heavy atom. The summed E-state index contributed by atoms with van der Waals surface area (Å²) in [4.78, 5) is 9.08. The van der Waals surface area contributed by atoms with E-state index in [4.69, 9.17) is 0 Å². The van der Waals surface area contributed by atoms with E-state index in [1.807, 2.05) is 26.2 Å². The second-order valence-corrected chi connectivity index (χ2v) is 5.26. The van der Waals surface area contributed by atoms with E-state index in [-0.39, 0.29) is 0 Å². The van der Waals surface area contributed by atoms with Crippen LogP contribution in [0.4, 0.5) is 0 Å². The van der Waals surface area contributed by atoms with Crippen LogP contribution in [0.25, 0.3) is 0 Å². The molecule has 1 N–H and O–H groups in total. The number of aromatic nitrogens is 3. The summed E-state index contributed by atoms with van der Waals surface area (Å²) in [7, 11) is 2.03. The predicted molar refractivity (Wildman–Crippen MR) is 74.7 cm³/mol. The molecule has 0 fully saturated rings. The average Bonchev–Trinajstić information content (AvgIpc) is 2.75. The summed E-state index contributed by atoms with van der Waals surface area (Å²) >= 11 is 0. The molecule has 100 valence electrons.